The lowest BCUT2D eigenvalue weighted by Crippen LogP contribution is -2.22. The van der Waals surface area contributed by atoms with E-state index in [1.807, 2.05) is 41.0 Å². The van der Waals surface area contributed by atoms with Crippen LogP contribution in [0.15, 0.2) is 62.9 Å². The van der Waals surface area contributed by atoms with E-state index in [1.165, 1.54) is 11.8 Å². The van der Waals surface area contributed by atoms with Crippen molar-refractivity contribution < 1.29 is 4.42 Å². The Labute approximate surface area is 169 Å². The third-order valence-corrected chi connectivity index (χ3v) is 5.76. The lowest BCUT2D eigenvalue weighted by atomic mass is 10.2. The fourth-order valence-corrected chi connectivity index (χ4v) is 4.06. The third kappa shape index (κ3) is 3.31. The second-order valence-corrected chi connectivity index (χ2v) is 7.99. The minimum Gasteiger partial charge on any atom is -0.420 e. The van der Waals surface area contributed by atoms with Gasteiger partial charge in [-0.25, -0.2) is 4.98 Å². The molecule has 0 atom stereocenters. The first-order chi connectivity index (χ1) is 13.7. The monoisotopic (exact) mass is 410 g/mol. The van der Waals surface area contributed by atoms with Gasteiger partial charge in [0.1, 0.15) is 0 Å². The summed E-state index contributed by atoms with van der Waals surface area (Å²) < 4.78 is 7.57. The van der Waals surface area contributed by atoms with Crippen LogP contribution < -0.4 is 5.56 Å². The molecule has 2 aromatic heterocycles. The van der Waals surface area contributed by atoms with Crippen LogP contribution in [0.25, 0.3) is 22.4 Å². The average Bonchev–Trinajstić information content (AvgIpc) is 3.43. The van der Waals surface area contributed by atoms with Crippen LogP contribution in [-0.4, -0.2) is 19.7 Å². The maximum Gasteiger partial charge on any atom is 0.262 e. The van der Waals surface area contributed by atoms with Crippen LogP contribution in [0.2, 0.25) is 5.02 Å². The van der Waals surface area contributed by atoms with Gasteiger partial charge in [0.05, 0.1) is 16.7 Å². The van der Waals surface area contributed by atoms with Crippen LogP contribution in [0.3, 0.4) is 0 Å². The molecule has 4 aromatic rings. The van der Waals surface area contributed by atoms with Gasteiger partial charge in [0, 0.05) is 16.6 Å². The van der Waals surface area contributed by atoms with E-state index in [2.05, 4.69) is 10.2 Å². The Hall–Kier alpha value is -2.64. The van der Waals surface area contributed by atoms with Gasteiger partial charge in [0.15, 0.2) is 5.16 Å². The van der Waals surface area contributed by atoms with Gasteiger partial charge in [0.25, 0.3) is 5.56 Å². The van der Waals surface area contributed by atoms with Gasteiger partial charge < -0.3 is 4.42 Å². The number of hydrogen-bond acceptors (Lipinski definition) is 6. The van der Waals surface area contributed by atoms with Crippen LogP contribution in [0.1, 0.15) is 24.8 Å². The van der Waals surface area contributed by atoms with E-state index in [9.17, 15) is 4.79 Å². The standard InChI is InChI=1S/C20H15ClN4O2S/c21-13-7-5-12(6-8-13)18-24-23-17(27-18)11-28-20-22-16-4-2-1-3-15(16)19(26)25(20)14-9-10-14/h1-8,14H,9-11H2. The van der Waals surface area contributed by atoms with Crippen LogP contribution in [-0.2, 0) is 5.75 Å². The summed E-state index contributed by atoms with van der Waals surface area (Å²) in [6.45, 7) is 0. The summed E-state index contributed by atoms with van der Waals surface area (Å²) in [5, 5.41) is 10.2. The first-order valence-corrected chi connectivity index (χ1v) is 10.3. The number of halogens is 1. The molecule has 0 radical (unpaired) electrons. The minimum absolute atomic E-state index is 0.0167. The molecule has 5 rings (SSSR count). The molecule has 0 spiro atoms. The quantitative estimate of drug-likeness (QED) is 0.350. The lowest BCUT2D eigenvalue weighted by molar-refractivity contribution is 0.527. The molecule has 0 amide bonds. The van der Waals surface area contributed by atoms with Gasteiger partial charge in [-0.2, -0.15) is 0 Å². The van der Waals surface area contributed by atoms with E-state index < -0.39 is 0 Å². The number of rotatable bonds is 5. The van der Waals surface area contributed by atoms with Gasteiger partial charge in [0.2, 0.25) is 11.8 Å². The average molecular weight is 411 g/mol. The minimum atomic E-state index is 0.0167. The third-order valence-electron chi connectivity index (χ3n) is 4.57. The number of aromatic nitrogens is 4. The van der Waals surface area contributed by atoms with Crippen molar-refractivity contribution in [3.05, 3.63) is 69.8 Å². The Morgan fingerprint density at radius 1 is 1.11 bits per heavy atom. The molecule has 28 heavy (non-hydrogen) atoms. The Morgan fingerprint density at radius 3 is 2.68 bits per heavy atom. The summed E-state index contributed by atoms with van der Waals surface area (Å²) in [7, 11) is 0. The molecule has 0 N–H and O–H groups in total. The van der Waals surface area contributed by atoms with Gasteiger partial charge in [-0.1, -0.05) is 35.5 Å². The molecule has 0 unspecified atom stereocenters. The molecule has 8 heteroatoms. The first-order valence-electron chi connectivity index (χ1n) is 8.91. The maximum absolute atomic E-state index is 12.9. The molecule has 1 aliphatic carbocycles. The summed E-state index contributed by atoms with van der Waals surface area (Å²) in [4.78, 5) is 17.6. The molecule has 0 aliphatic heterocycles. The van der Waals surface area contributed by atoms with E-state index in [0.29, 0.717) is 38.6 Å². The van der Waals surface area contributed by atoms with Crippen LogP contribution in [0.4, 0.5) is 0 Å². The molecular weight excluding hydrogens is 396 g/mol. The largest absolute Gasteiger partial charge is 0.420 e. The highest BCUT2D eigenvalue weighted by atomic mass is 35.5. The summed E-state index contributed by atoms with van der Waals surface area (Å²) >= 11 is 7.36. The summed E-state index contributed by atoms with van der Waals surface area (Å²) in [6, 6.07) is 14.9. The SMILES string of the molecule is O=c1c2ccccc2nc(SCc2nnc(-c3ccc(Cl)cc3)o2)n1C1CC1. The normalized spacial score (nSPS) is 13.9. The molecule has 1 fully saturated rings. The first kappa shape index (κ1) is 17.5. The zero-order valence-electron chi connectivity index (χ0n) is 14.7. The Bertz CT molecular complexity index is 1220. The molecule has 6 nitrogen and oxygen atoms in total. The van der Waals surface area contributed by atoms with Crippen molar-refractivity contribution in [2.75, 3.05) is 0 Å². The zero-order chi connectivity index (χ0) is 19.1. The Morgan fingerprint density at radius 2 is 1.89 bits per heavy atom. The Balaban J connectivity index is 1.43. The summed E-state index contributed by atoms with van der Waals surface area (Å²) in [6.07, 6.45) is 2.02. The molecule has 1 saturated carbocycles. The summed E-state index contributed by atoms with van der Waals surface area (Å²) in [5.74, 6) is 1.37. The number of fused-ring (bicyclic) bond motifs is 1. The van der Waals surface area contributed by atoms with Gasteiger partial charge >= 0.3 is 0 Å². The number of para-hydroxylation sites is 1. The molecular formula is C20H15ClN4O2S. The highest BCUT2D eigenvalue weighted by Gasteiger charge is 2.28. The van der Waals surface area contributed by atoms with Crippen LogP contribution in [0, 0.1) is 0 Å². The van der Waals surface area contributed by atoms with E-state index >= 15 is 0 Å². The second kappa shape index (κ2) is 7.07. The van der Waals surface area contributed by atoms with Crippen molar-refractivity contribution in [1.82, 2.24) is 19.7 Å². The second-order valence-electron chi connectivity index (χ2n) is 6.61. The van der Waals surface area contributed by atoms with E-state index in [-0.39, 0.29) is 11.6 Å². The zero-order valence-corrected chi connectivity index (χ0v) is 16.3. The molecule has 140 valence electrons. The molecule has 2 aromatic carbocycles. The van der Waals surface area contributed by atoms with Crippen molar-refractivity contribution in [2.45, 2.75) is 29.8 Å². The molecule has 0 saturated heterocycles. The highest BCUT2D eigenvalue weighted by molar-refractivity contribution is 7.98. The fraction of sp³-hybridized carbons (Fsp3) is 0.200. The van der Waals surface area contributed by atoms with Crippen molar-refractivity contribution in [1.29, 1.82) is 0 Å². The maximum atomic E-state index is 12.9. The van der Waals surface area contributed by atoms with E-state index in [1.54, 1.807) is 12.1 Å². The number of nitrogens with zero attached hydrogens (tertiary/aromatic N) is 4. The van der Waals surface area contributed by atoms with E-state index in [0.717, 1.165) is 18.4 Å². The van der Waals surface area contributed by atoms with Gasteiger partial charge in [-0.3, -0.25) is 9.36 Å². The fourth-order valence-electron chi connectivity index (χ4n) is 3.03. The number of benzene rings is 2. The van der Waals surface area contributed by atoms with Crippen molar-refractivity contribution >= 4 is 34.3 Å². The highest BCUT2D eigenvalue weighted by Crippen LogP contribution is 2.37. The topological polar surface area (TPSA) is 73.8 Å². The molecule has 1 aliphatic rings. The molecule has 2 heterocycles. The molecule has 0 bridgehead atoms. The predicted octanol–water partition coefficient (Wildman–Crippen LogP) is 4.73. The number of thioether (sulfide) groups is 1. The van der Waals surface area contributed by atoms with Crippen LogP contribution >= 0.6 is 23.4 Å². The summed E-state index contributed by atoms with van der Waals surface area (Å²) in [5.41, 5.74) is 1.54. The predicted molar refractivity (Wildman–Crippen MR) is 109 cm³/mol. The lowest BCUT2D eigenvalue weighted by Gasteiger charge is -2.11. The van der Waals surface area contributed by atoms with Crippen molar-refractivity contribution in [3.63, 3.8) is 0 Å². The van der Waals surface area contributed by atoms with Gasteiger partial charge in [-0.05, 0) is 49.2 Å². The number of hydrogen-bond donors (Lipinski definition) is 0. The Kier molecular flexibility index (Phi) is 4.41. The van der Waals surface area contributed by atoms with Gasteiger partial charge in [-0.15, -0.1) is 10.2 Å². The van der Waals surface area contributed by atoms with E-state index in [4.69, 9.17) is 21.0 Å². The van der Waals surface area contributed by atoms with Crippen LogP contribution in [0.5, 0.6) is 0 Å². The van der Waals surface area contributed by atoms with Crippen molar-refractivity contribution in [3.8, 4) is 11.5 Å². The smallest absolute Gasteiger partial charge is 0.262 e. The van der Waals surface area contributed by atoms with Crippen molar-refractivity contribution in [2.24, 2.45) is 0 Å².